The van der Waals surface area contributed by atoms with E-state index in [1.807, 2.05) is 13.0 Å². The summed E-state index contributed by atoms with van der Waals surface area (Å²) in [5.74, 6) is -0.172. The van der Waals surface area contributed by atoms with Crippen molar-refractivity contribution in [2.75, 3.05) is 6.54 Å². The lowest BCUT2D eigenvalue weighted by atomic mass is 10.1. The number of carbonyl (C=O) groups excluding carboxylic acids is 1. The maximum Gasteiger partial charge on any atom is 0.251 e. The van der Waals surface area contributed by atoms with Crippen molar-refractivity contribution in [3.63, 3.8) is 0 Å². The fraction of sp³-hybridized carbons (Fsp3) is 0.333. The molecule has 3 nitrogen and oxygen atoms in total. The number of hydrogen-bond acceptors (Lipinski definition) is 2. The zero-order valence-electron chi connectivity index (χ0n) is 9.03. The Bertz CT molecular complexity index is 410. The second kappa shape index (κ2) is 6.14. The summed E-state index contributed by atoms with van der Waals surface area (Å²) in [6.45, 7) is 2.42. The fourth-order valence-electron chi connectivity index (χ4n) is 1.22. The molecule has 0 bridgehead atoms. The number of benzene rings is 1. The van der Waals surface area contributed by atoms with Gasteiger partial charge in [0.05, 0.1) is 11.6 Å². The average molecular weight is 237 g/mol. The van der Waals surface area contributed by atoms with E-state index in [0.717, 1.165) is 6.42 Å². The molecule has 0 spiro atoms. The van der Waals surface area contributed by atoms with Crippen LogP contribution in [0.1, 0.15) is 29.3 Å². The minimum Gasteiger partial charge on any atom is -0.352 e. The predicted octanol–water partition coefficient (Wildman–Crippen LogP) is 2.31. The third-order valence-corrected chi connectivity index (χ3v) is 2.30. The lowest BCUT2D eigenvalue weighted by molar-refractivity contribution is 0.0953. The van der Waals surface area contributed by atoms with Gasteiger partial charge in [0, 0.05) is 17.5 Å². The topological polar surface area (TPSA) is 52.9 Å². The molecular weight excluding hydrogens is 224 g/mol. The Balaban J connectivity index is 2.56. The molecule has 0 aliphatic carbocycles. The normalized spacial score (nSPS) is 11.6. The van der Waals surface area contributed by atoms with E-state index in [2.05, 4.69) is 5.32 Å². The van der Waals surface area contributed by atoms with Crippen molar-refractivity contribution in [1.82, 2.24) is 5.32 Å². The van der Waals surface area contributed by atoms with Gasteiger partial charge >= 0.3 is 0 Å². The van der Waals surface area contributed by atoms with Crippen molar-refractivity contribution in [2.45, 2.75) is 18.7 Å². The molecule has 16 heavy (non-hydrogen) atoms. The van der Waals surface area contributed by atoms with E-state index < -0.39 is 0 Å². The first kappa shape index (κ1) is 12.5. The Morgan fingerprint density at radius 1 is 1.62 bits per heavy atom. The third kappa shape index (κ3) is 3.92. The monoisotopic (exact) mass is 236 g/mol. The van der Waals surface area contributed by atoms with Gasteiger partial charge in [-0.05, 0) is 31.5 Å². The van der Waals surface area contributed by atoms with E-state index in [9.17, 15) is 4.79 Å². The average Bonchev–Trinajstić information content (AvgIpc) is 2.28. The van der Waals surface area contributed by atoms with E-state index >= 15 is 0 Å². The van der Waals surface area contributed by atoms with Gasteiger partial charge in [-0.2, -0.15) is 5.26 Å². The Labute approximate surface area is 100 Å². The number of rotatable bonds is 4. The zero-order chi connectivity index (χ0) is 12.0. The smallest absolute Gasteiger partial charge is 0.251 e. The van der Waals surface area contributed by atoms with Crippen molar-refractivity contribution in [2.24, 2.45) is 0 Å². The van der Waals surface area contributed by atoms with E-state index in [4.69, 9.17) is 16.9 Å². The molecule has 1 N–H and O–H groups in total. The maximum absolute atomic E-state index is 11.6. The van der Waals surface area contributed by atoms with Gasteiger partial charge in [-0.1, -0.05) is 6.07 Å². The van der Waals surface area contributed by atoms with Gasteiger partial charge in [0.15, 0.2) is 0 Å². The number of nitrogens with one attached hydrogen (secondary N) is 1. The Morgan fingerprint density at radius 2 is 2.38 bits per heavy atom. The van der Waals surface area contributed by atoms with Gasteiger partial charge in [0.25, 0.3) is 5.91 Å². The lowest BCUT2D eigenvalue weighted by Gasteiger charge is -2.06. The van der Waals surface area contributed by atoms with E-state index in [1.165, 1.54) is 0 Å². The molecular formula is C12H13ClN2O. The molecule has 1 aromatic rings. The highest BCUT2D eigenvalue weighted by atomic mass is 35.5. The molecule has 84 valence electrons. The summed E-state index contributed by atoms with van der Waals surface area (Å²) in [5, 5.41) is 11.5. The second-order valence-corrected chi connectivity index (χ2v) is 4.26. The summed E-state index contributed by atoms with van der Waals surface area (Å²) in [5.41, 5.74) is 0.986. The van der Waals surface area contributed by atoms with Gasteiger partial charge in [0.2, 0.25) is 0 Å². The summed E-state index contributed by atoms with van der Waals surface area (Å²) in [6, 6.07) is 8.60. The molecule has 0 heterocycles. The minimum atomic E-state index is -0.172. The summed E-state index contributed by atoms with van der Waals surface area (Å²) < 4.78 is 0. The van der Waals surface area contributed by atoms with E-state index in [-0.39, 0.29) is 11.3 Å². The van der Waals surface area contributed by atoms with Crippen LogP contribution in [-0.4, -0.2) is 17.8 Å². The largest absolute Gasteiger partial charge is 0.352 e. The molecule has 0 saturated heterocycles. The maximum atomic E-state index is 11.6. The van der Waals surface area contributed by atoms with Crippen LogP contribution < -0.4 is 5.32 Å². The molecule has 1 aromatic carbocycles. The molecule has 1 unspecified atom stereocenters. The predicted molar refractivity (Wildman–Crippen MR) is 63.4 cm³/mol. The highest BCUT2D eigenvalue weighted by Gasteiger charge is 2.05. The first-order valence-corrected chi connectivity index (χ1v) is 5.49. The van der Waals surface area contributed by atoms with Crippen LogP contribution in [0, 0.1) is 11.3 Å². The van der Waals surface area contributed by atoms with Gasteiger partial charge < -0.3 is 5.32 Å². The SMILES string of the molecule is CC(Cl)CCNC(=O)c1cccc(C#N)c1. The van der Waals surface area contributed by atoms with Gasteiger partial charge in [0.1, 0.15) is 0 Å². The van der Waals surface area contributed by atoms with Crippen LogP contribution in [-0.2, 0) is 0 Å². The van der Waals surface area contributed by atoms with Gasteiger partial charge in [-0.15, -0.1) is 11.6 Å². The molecule has 0 saturated carbocycles. The van der Waals surface area contributed by atoms with Crippen molar-refractivity contribution in [3.05, 3.63) is 35.4 Å². The number of alkyl halides is 1. The number of hydrogen-bond donors (Lipinski definition) is 1. The highest BCUT2D eigenvalue weighted by Crippen LogP contribution is 2.04. The number of carbonyl (C=O) groups is 1. The van der Waals surface area contributed by atoms with Crippen LogP contribution in [0.4, 0.5) is 0 Å². The Hall–Kier alpha value is -1.53. The molecule has 0 aliphatic heterocycles. The Kier molecular flexibility index (Phi) is 4.81. The number of nitrogens with zero attached hydrogens (tertiary/aromatic N) is 1. The summed E-state index contributed by atoms with van der Waals surface area (Å²) >= 11 is 5.76. The standard InChI is InChI=1S/C12H13ClN2O/c1-9(13)5-6-15-12(16)11-4-2-3-10(7-11)8-14/h2-4,7,9H,5-6H2,1H3,(H,15,16). The van der Waals surface area contributed by atoms with E-state index in [1.54, 1.807) is 24.3 Å². The quantitative estimate of drug-likeness (QED) is 0.816. The molecule has 0 fully saturated rings. The second-order valence-electron chi connectivity index (χ2n) is 3.52. The van der Waals surface area contributed by atoms with Crippen molar-refractivity contribution >= 4 is 17.5 Å². The van der Waals surface area contributed by atoms with Crippen LogP contribution in [0.5, 0.6) is 0 Å². The lowest BCUT2D eigenvalue weighted by Crippen LogP contribution is -2.25. The molecule has 4 heteroatoms. The van der Waals surface area contributed by atoms with Crippen LogP contribution >= 0.6 is 11.6 Å². The Morgan fingerprint density at radius 3 is 3.00 bits per heavy atom. The molecule has 0 radical (unpaired) electrons. The molecule has 0 aromatic heterocycles. The van der Waals surface area contributed by atoms with Crippen molar-refractivity contribution in [3.8, 4) is 6.07 Å². The molecule has 1 rings (SSSR count). The highest BCUT2D eigenvalue weighted by molar-refractivity contribution is 6.20. The molecule has 1 atom stereocenters. The molecule has 1 amide bonds. The summed E-state index contributed by atoms with van der Waals surface area (Å²) in [7, 11) is 0. The third-order valence-electron chi connectivity index (χ3n) is 2.08. The minimum absolute atomic E-state index is 0.0470. The van der Waals surface area contributed by atoms with Gasteiger partial charge in [-0.25, -0.2) is 0 Å². The van der Waals surface area contributed by atoms with Crippen molar-refractivity contribution in [1.29, 1.82) is 5.26 Å². The molecule has 0 aliphatic rings. The van der Waals surface area contributed by atoms with E-state index in [0.29, 0.717) is 17.7 Å². The van der Waals surface area contributed by atoms with Crippen LogP contribution in [0.15, 0.2) is 24.3 Å². The number of amides is 1. The fourth-order valence-corrected chi connectivity index (χ4v) is 1.33. The van der Waals surface area contributed by atoms with Crippen molar-refractivity contribution < 1.29 is 4.79 Å². The first-order chi connectivity index (χ1) is 7.63. The van der Waals surface area contributed by atoms with Crippen LogP contribution in [0.2, 0.25) is 0 Å². The number of halogens is 1. The van der Waals surface area contributed by atoms with Crippen LogP contribution in [0.3, 0.4) is 0 Å². The summed E-state index contributed by atoms with van der Waals surface area (Å²) in [4.78, 5) is 11.6. The van der Waals surface area contributed by atoms with Gasteiger partial charge in [-0.3, -0.25) is 4.79 Å². The summed E-state index contributed by atoms with van der Waals surface area (Å²) in [6.07, 6.45) is 0.727. The van der Waals surface area contributed by atoms with Crippen LogP contribution in [0.25, 0.3) is 0 Å². The zero-order valence-corrected chi connectivity index (χ0v) is 9.79. The number of nitriles is 1. The first-order valence-electron chi connectivity index (χ1n) is 5.06.